The number of hydrogen-bond acceptors (Lipinski definition) is 1. The van der Waals surface area contributed by atoms with Crippen LogP contribution < -0.4 is 5.32 Å². The van der Waals surface area contributed by atoms with Crippen LogP contribution in [0.15, 0.2) is 42.5 Å². The lowest BCUT2D eigenvalue weighted by Crippen LogP contribution is -2.24. The summed E-state index contributed by atoms with van der Waals surface area (Å²) in [4.78, 5) is 0. The van der Waals surface area contributed by atoms with E-state index in [4.69, 9.17) is 0 Å². The minimum atomic E-state index is 0.682. The topological polar surface area (TPSA) is 12.0 Å². The summed E-state index contributed by atoms with van der Waals surface area (Å²) in [6.45, 7) is 5.34. The van der Waals surface area contributed by atoms with E-state index in [0.717, 1.165) is 6.54 Å². The van der Waals surface area contributed by atoms with Crippen LogP contribution in [0.1, 0.15) is 28.2 Å². The molecular weight excluding hydrogens is 218 g/mol. The third-order valence-corrected chi connectivity index (χ3v) is 3.74. The van der Waals surface area contributed by atoms with Crippen molar-refractivity contribution in [1.29, 1.82) is 0 Å². The SMILES string of the molecule is Cc1cc(C)cc(NCC2Cc3ccccc32)c1. The molecule has 0 aliphatic heterocycles. The van der Waals surface area contributed by atoms with Crippen molar-refractivity contribution in [1.82, 2.24) is 0 Å². The third kappa shape index (κ3) is 2.13. The average Bonchev–Trinajstić information content (AvgIpc) is 2.29. The molecule has 1 aliphatic rings. The standard InChI is InChI=1S/C17H19N/c1-12-7-13(2)9-16(8-12)18-11-15-10-14-5-3-4-6-17(14)15/h3-9,15,18H,10-11H2,1-2H3. The second kappa shape index (κ2) is 4.49. The minimum absolute atomic E-state index is 0.682. The molecule has 0 saturated heterocycles. The molecular formula is C17H19N. The van der Waals surface area contributed by atoms with Gasteiger partial charge in [0.25, 0.3) is 0 Å². The Morgan fingerprint density at radius 2 is 1.78 bits per heavy atom. The molecule has 3 rings (SSSR count). The van der Waals surface area contributed by atoms with Gasteiger partial charge in [-0.1, -0.05) is 30.3 Å². The molecule has 0 heterocycles. The van der Waals surface area contributed by atoms with Crippen LogP contribution in [0.3, 0.4) is 0 Å². The zero-order valence-corrected chi connectivity index (χ0v) is 11.0. The quantitative estimate of drug-likeness (QED) is 0.849. The molecule has 2 aromatic rings. The maximum absolute atomic E-state index is 3.57. The van der Waals surface area contributed by atoms with Gasteiger partial charge in [0, 0.05) is 18.2 Å². The highest BCUT2D eigenvalue weighted by atomic mass is 14.9. The molecule has 2 aromatic carbocycles. The average molecular weight is 237 g/mol. The van der Waals surface area contributed by atoms with Gasteiger partial charge >= 0.3 is 0 Å². The van der Waals surface area contributed by atoms with Crippen LogP contribution in [0.25, 0.3) is 0 Å². The fourth-order valence-electron chi connectivity index (χ4n) is 2.86. The van der Waals surface area contributed by atoms with E-state index in [9.17, 15) is 0 Å². The first-order chi connectivity index (χ1) is 8.72. The number of hydrogen-bond donors (Lipinski definition) is 1. The summed E-state index contributed by atoms with van der Waals surface area (Å²) in [5, 5.41) is 3.57. The smallest absolute Gasteiger partial charge is 0.0345 e. The maximum atomic E-state index is 3.57. The minimum Gasteiger partial charge on any atom is -0.384 e. The van der Waals surface area contributed by atoms with E-state index in [0.29, 0.717) is 5.92 Å². The van der Waals surface area contributed by atoms with E-state index in [1.165, 1.54) is 34.4 Å². The second-order valence-electron chi connectivity index (χ2n) is 5.36. The predicted molar refractivity (Wildman–Crippen MR) is 77.3 cm³/mol. The highest BCUT2D eigenvalue weighted by Gasteiger charge is 2.24. The highest BCUT2D eigenvalue weighted by molar-refractivity contribution is 5.50. The van der Waals surface area contributed by atoms with Gasteiger partial charge in [-0.2, -0.15) is 0 Å². The summed E-state index contributed by atoms with van der Waals surface area (Å²) < 4.78 is 0. The third-order valence-electron chi connectivity index (χ3n) is 3.74. The van der Waals surface area contributed by atoms with E-state index < -0.39 is 0 Å². The summed E-state index contributed by atoms with van der Waals surface area (Å²) >= 11 is 0. The van der Waals surface area contributed by atoms with Gasteiger partial charge in [-0.3, -0.25) is 0 Å². The number of anilines is 1. The molecule has 0 radical (unpaired) electrons. The lowest BCUT2D eigenvalue weighted by molar-refractivity contribution is 0.636. The molecule has 1 aliphatic carbocycles. The Bertz CT molecular complexity index is 551. The fraction of sp³-hybridized carbons (Fsp3) is 0.294. The highest BCUT2D eigenvalue weighted by Crippen LogP contribution is 2.34. The zero-order chi connectivity index (χ0) is 12.5. The molecule has 0 saturated carbocycles. The molecule has 18 heavy (non-hydrogen) atoms. The Labute approximate surface area is 109 Å². The predicted octanol–water partition coefficient (Wildman–Crippen LogP) is 4.06. The van der Waals surface area contributed by atoms with E-state index in [1.54, 1.807) is 0 Å². The molecule has 1 nitrogen and oxygen atoms in total. The van der Waals surface area contributed by atoms with Crippen LogP contribution in [0.5, 0.6) is 0 Å². The van der Waals surface area contributed by atoms with Crippen molar-refractivity contribution >= 4 is 5.69 Å². The molecule has 92 valence electrons. The van der Waals surface area contributed by atoms with Gasteiger partial charge in [0.2, 0.25) is 0 Å². The number of benzene rings is 2. The van der Waals surface area contributed by atoms with Gasteiger partial charge in [-0.25, -0.2) is 0 Å². The number of nitrogens with one attached hydrogen (secondary N) is 1. The van der Waals surface area contributed by atoms with Gasteiger partial charge in [0.05, 0.1) is 0 Å². The van der Waals surface area contributed by atoms with Gasteiger partial charge in [-0.05, 0) is 54.7 Å². The normalized spacial score (nSPS) is 16.9. The Kier molecular flexibility index (Phi) is 2.83. The van der Waals surface area contributed by atoms with Crippen molar-refractivity contribution < 1.29 is 0 Å². The molecule has 0 fully saturated rings. The summed E-state index contributed by atoms with van der Waals surface area (Å²) in [5.74, 6) is 0.682. The van der Waals surface area contributed by atoms with Crippen molar-refractivity contribution in [2.24, 2.45) is 0 Å². The van der Waals surface area contributed by atoms with Crippen LogP contribution in [0, 0.1) is 13.8 Å². The molecule has 1 N–H and O–H groups in total. The second-order valence-corrected chi connectivity index (χ2v) is 5.36. The van der Waals surface area contributed by atoms with Crippen molar-refractivity contribution in [2.75, 3.05) is 11.9 Å². The molecule has 1 atom stereocenters. The van der Waals surface area contributed by atoms with E-state index in [-0.39, 0.29) is 0 Å². The summed E-state index contributed by atoms with van der Waals surface area (Å²) in [6, 6.07) is 15.4. The van der Waals surface area contributed by atoms with E-state index >= 15 is 0 Å². The lowest BCUT2D eigenvalue weighted by atomic mass is 9.77. The number of rotatable bonds is 3. The van der Waals surface area contributed by atoms with Crippen LogP contribution in [0.2, 0.25) is 0 Å². The molecule has 1 unspecified atom stereocenters. The lowest BCUT2D eigenvalue weighted by Gasteiger charge is -2.30. The molecule has 0 spiro atoms. The fourth-order valence-corrected chi connectivity index (χ4v) is 2.86. The zero-order valence-electron chi connectivity index (χ0n) is 11.0. The first kappa shape index (κ1) is 11.3. The monoisotopic (exact) mass is 237 g/mol. The van der Waals surface area contributed by atoms with Crippen molar-refractivity contribution in [3.8, 4) is 0 Å². The van der Waals surface area contributed by atoms with E-state index in [1.807, 2.05) is 0 Å². The van der Waals surface area contributed by atoms with Gasteiger partial charge in [0.15, 0.2) is 0 Å². The molecule has 1 heteroatoms. The Hall–Kier alpha value is -1.76. The van der Waals surface area contributed by atoms with Crippen LogP contribution in [-0.4, -0.2) is 6.54 Å². The Morgan fingerprint density at radius 1 is 1.06 bits per heavy atom. The summed E-state index contributed by atoms with van der Waals surface area (Å²) in [6.07, 6.45) is 1.22. The number of aryl methyl sites for hydroxylation is 2. The van der Waals surface area contributed by atoms with E-state index in [2.05, 4.69) is 61.6 Å². The van der Waals surface area contributed by atoms with Gasteiger partial charge in [0.1, 0.15) is 0 Å². The molecule has 0 bridgehead atoms. The number of fused-ring (bicyclic) bond motifs is 1. The van der Waals surface area contributed by atoms with Crippen LogP contribution >= 0.6 is 0 Å². The summed E-state index contributed by atoms with van der Waals surface area (Å²) in [7, 11) is 0. The van der Waals surface area contributed by atoms with Crippen LogP contribution in [0.4, 0.5) is 5.69 Å². The first-order valence-electron chi connectivity index (χ1n) is 6.62. The van der Waals surface area contributed by atoms with Crippen molar-refractivity contribution in [3.63, 3.8) is 0 Å². The van der Waals surface area contributed by atoms with Gasteiger partial charge in [-0.15, -0.1) is 0 Å². The van der Waals surface area contributed by atoms with Crippen molar-refractivity contribution in [3.05, 3.63) is 64.7 Å². The first-order valence-corrected chi connectivity index (χ1v) is 6.62. The van der Waals surface area contributed by atoms with Crippen LogP contribution in [-0.2, 0) is 6.42 Å². The van der Waals surface area contributed by atoms with Crippen molar-refractivity contribution in [2.45, 2.75) is 26.2 Å². The Morgan fingerprint density at radius 3 is 2.50 bits per heavy atom. The van der Waals surface area contributed by atoms with Gasteiger partial charge < -0.3 is 5.32 Å². The largest absolute Gasteiger partial charge is 0.384 e. The molecule has 0 aromatic heterocycles. The maximum Gasteiger partial charge on any atom is 0.0345 e. The molecule has 0 amide bonds. The Balaban J connectivity index is 1.66. The summed E-state index contributed by atoms with van der Waals surface area (Å²) in [5.41, 5.74) is 6.94.